The average molecular weight is 443 g/mol. The summed E-state index contributed by atoms with van der Waals surface area (Å²) in [6, 6.07) is 18.8. The molecule has 162 valence electrons. The summed E-state index contributed by atoms with van der Waals surface area (Å²) in [4.78, 5) is 19.8. The van der Waals surface area contributed by atoms with Crippen LogP contribution in [0, 0.1) is 0 Å². The van der Waals surface area contributed by atoms with Gasteiger partial charge in [0.1, 0.15) is 11.5 Å². The van der Waals surface area contributed by atoms with Crippen molar-refractivity contribution >= 4 is 45.4 Å². The van der Waals surface area contributed by atoms with Gasteiger partial charge in [0.05, 0.1) is 12.8 Å². The first-order valence-corrected chi connectivity index (χ1v) is 12.0. The van der Waals surface area contributed by atoms with Crippen molar-refractivity contribution in [2.24, 2.45) is 4.99 Å². The minimum atomic E-state index is -0.0789. The van der Waals surface area contributed by atoms with Gasteiger partial charge in [-0.25, -0.2) is 0 Å². The molecule has 0 radical (unpaired) electrons. The molecule has 1 N–H and O–H groups in total. The number of methoxy groups -OCH3 is 1. The van der Waals surface area contributed by atoms with Gasteiger partial charge in [-0.05, 0) is 47.7 Å². The van der Waals surface area contributed by atoms with E-state index >= 15 is 0 Å². The van der Waals surface area contributed by atoms with E-state index in [1.807, 2.05) is 12.1 Å². The Hall–Kier alpha value is -3.05. The standard InChI is InChI=1S/C27H26N2O2S/c1-3-4-5-6-16-28-26-24-20-14-15-22(32-18-12-10-17(31-2)11-13-18)19-8-7-9-21(23(19)20)25(24)29-27(26)30/h7-15H,3-6,16H2,1-2H3,(H,28,29,30). The third-order valence-electron chi connectivity index (χ3n) is 6.05. The maximum Gasteiger partial charge on any atom is 0.274 e. The number of aliphatic imine (C=N–C) groups is 1. The number of benzene rings is 3. The Bertz CT molecular complexity index is 1260. The summed E-state index contributed by atoms with van der Waals surface area (Å²) in [7, 11) is 1.68. The Kier molecular flexibility index (Phi) is 5.75. The number of nitrogens with one attached hydrogen (secondary N) is 1. The van der Waals surface area contributed by atoms with Crippen LogP contribution in [-0.4, -0.2) is 25.3 Å². The third kappa shape index (κ3) is 3.61. The van der Waals surface area contributed by atoms with Gasteiger partial charge in [-0.15, -0.1) is 0 Å². The SMILES string of the molecule is CCCCCCN=C1C(=O)NC2=C1c1ccc(Sc3ccc(OC)cc3)c3cccc2c13. The first kappa shape index (κ1) is 20.8. The highest BCUT2D eigenvalue weighted by Gasteiger charge is 2.37. The molecule has 1 aliphatic heterocycles. The van der Waals surface area contributed by atoms with Crippen LogP contribution in [0.3, 0.4) is 0 Å². The Balaban J connectivity index is 1.49. The summed E-state index contributed by atoms with van der Waals surface area (Å²) in [5, 5.41) is 5.50. The minimum absolute atomic E-state index is 0.0789. The predicted octanol–water partition coefficient (Wildman–Crippen LogP) is 6.33. The van der Waals surface area contributed by atoms with Crippen molar-refractivity contribution < 1.29 is 9.53 Å². The van der Waals surface area contributed by atoms with Gasteiger partial charge in [-0.2, -0.15) is 0 Å². The number of nitrogens with zero attached hydrogens (tertiary/aromatic N) is 1. The fourth-order valence-electron chi connectivity index (χ4n) is 4.47. The van der Waals surface area contributed by atoms with E-state index in [1.54, 1.807) is 18.9 Å². The lowest BCUT2D eigenvalue weighted by molar-refractivity contribution is -0.113. The lowest BCUT2D eigenvalue weighted by Gasteiger charge is -2.12. The molecule has 4 nitrogen and oxygen atoms in total. The van der Waals surface area contributed by atoms with Crippen LogP contribution in [0.25, 0.3) is 22.0 Å². The molecule has 0 unspecified atom stereocenters. The zero-order valence-electron chi connectivity index (χ0n) is 18.4. The first-order valence-electron chi connectivity index (χ1n) is 11.2. The summed E-state index contributed by atoms with van der Waals surface area (Å²) in [6.07, 6.45) is 4.58. The number of ether oxygens (including phenoxy) is 1. The van der Waals surface area contributed by atoms with Crippen molar-refractivity contribution in [3.63, 3.8) is 0 Å². The number of carbonyl (C=O) groups excluding carboxylic acids is 1. The second kappa shape index (κ2) is 8.83. The van der Waals surface area contributed by atoms with Crippen LogP contribution in [0.5, 0.6) is 5.75 Å². The molecule has 3 aromatic rings. The molecule has 3 aromatic carbocycles. The quantitative estimate of drug-likeness (QED) is 0.415. The number of fused-ring (bicyclic) bond motifs is 2. The molecule has 1 aliphatic carbocycles. The number of hydrogen-bond donors (Lipinski definition) is 1. The third-order valence-corrected chi connectivity index (χ3v) is 7.13. The molecule has 0 fully saturated rings. The maximum atomic E-state index is 12.7. The number of rotatable bonds is 8. The molecule has 0 aromatic heterocycles. The highest BCUT2D eigenvalue weighted by molar-refractivity contribution is 7.99. The van der Waals surface area contributed by atoms with Crippen molar-refractivity contribution in [2.75, 3.05) is 13.7 Å². The highest BCUT2D eigenvalue weighted by Crippen LogP contribution is 2.47. The smallest absolute Gasteiger partial charge is 0.274 e. The molecule has 5 rings (SSSR count). The summed E-state index contributed by atoms with van der Waals surface area (Å²) < 4.78 is 5.28. The number of hydrogen-bond acceptors (Lipinski definition) is 4. The average Bonchev–Trinajstić information content (AvgIpc) is 3.30. The fraction of sp³-hybridized carbons (Fsp3) is 0.259. The zero-order chi connectivity index (χ0) is 22.1. The van der Waals surface area contributed by atoms with E-state index in [1.165, 1.54) is 28.5 Å². The van der Waals surface area contributed by atoms with E-state index in [4.69, 9.17) is 9.73 Å². The van der Waals surface area contributed by atoms with E-state index in [-0.39, 0.29) is 5.91 Å². The largest absolute Gasteiger partial charge is 0.497 e. The first-order chi connectivity index (χ1) is 15.7. The number of unbranched alkanes of at least 4 members (excludes halogenated alkanes) is 3. The minimum Gasteiger partial charge on any atom is -0.497 e. The Morgan fingerprint density at radius 1 is 0.969 bits per heavy atom. The van der Waals surface area contributed by atoms with Gasteiger partial charge in [0.25, 0.3) is 5.91 Å². The molecule has 0 spiro atoms. The van der Waals surface area contributed by atoms with Crippen molar-refractivity contribution in [1.82, 2.24) is 5.32 Å². The molecule has 32 heavy (non-hydrogen) atoms. The van der Waals surface area contributed by atoms with Crippen LogP contribution in [0.4, 0.5) is 0 Å². The molecular weight excluding hydrogens is 416 g/mol. The van der Waals surface area contributed by atoms with Gasteiger partial charge in [-0.1, -0.05) is 62.2 Å². The van der Waals surface area contributed by atoms with Crippen LogP contribution in [0.15, 0.2) is 69.4 Å². The van der Waals surface area contributed by atoms with Gasteiger partial charge in [0.2, 0.25) is 0 Å². The monoisotopic (exact) mass is 442 g/mol. The van der Waals surface area contributed by atoms with E-state index in [0.717, 1.165) is 45.9 Å². The van der Waals surface area contributed by atoms with E-state index < -0.39 is 0 Å². The fourth-order valence-corrected chi connectivity index (χ4v) is 5.41. The van der Waals surface area contributed by atoms with Gasteiger partial charge in [-0.3, -0.25) is 9.79 Å². The van der Waals surface area contributed by atoms with E-state index in [9.17, 15) is 4.79 Å². The molecule has 0 bridgehead atoms. The Labute approximate surface area is 192 Å². The number of carbonyl (C=O) groups is 1. The molecule has 1 amide bonds. The highest BCUT2D eigenvalue weighted by atomic mass is 32.2. The topological polar surface area (TPSA) is 50.7 Å². The van der Waals surface area contributed by atoms with Crippen LogP contribution in [-0.2, 0) is 4.79 Å². The molecule has 0 saturated heterocycles. The van der Waals surface area contributed by atoms with E-state index in [0.29, 0.717) is 12.3 Å². The summed E-state index contributed by atoms with van der Waals surface area (Å²) in [6.45, 7) is 2.90. The second-order valence-corrected chi connectivity index (χ2v) is 9.23. The summed E-state index contributed by atoms with van der Waals surface area (Å²) in [5.74, 6) is 0.775. The molecule has 5 heteroatoms. The van der Waals surface area contributed by atoms with Gasteiger partial charge in [0, 0.05) is 32.9 Å². The zero-order valence-corrected chi connectivity index (χ0v) is 19.2. The predicted molar refractivity (Wildman–Crippen MR) is 132 cm³/mol. The van der Waals surface area contributed by atoms with Crippen molar-refractivity contribution in [1.29, 1.82) is 0 Å². The molecule has 1 heterocycles. The molecule has 0 atom stereocenters. The van der Waals surface area contributed by atoms with Crippen LogP contribution in [0.1, 0.15) is 43.7 Å². The lowest BCUT2D eigenvalue weighted by atomic mass is 10.00. The normalized spacial score (nSPS) is 15.6. The van der Waals surface area contributed by atoms with Crippen LogP contribution in [0.2, 0.25) is 0 Å². The maximum absolute atomic E-state index is 12.7. The second-order valence-electron chi connectivity index (χ2n) is 8.11. The van der Waals surface area contributed by atoms with E-state index in [2.05, 4.69) is 54.7 Å². The Morgan fingerprint density at radius 3 is 2.59 bits per heavy atom. The number of amides is 1. The lowest BCUT2D eigenvalue weighted by Crippen LogP contribution is -2.22. The van der Waals surface area contributed by atoms with Gasteiger partial charge in [0.15, 0.2) is 0 Å². The van der Waals surface area contributed by atoms with Crippen LogP contribution >= 0.6 is 11.8 Å². The van der Waals surface area contributed by atoms with Crippen molar-refractivity contribution in [3.8, 4) is 5.75 Å². The molecular formula is C27H26N2O2S. The van der Waals surface area contributed by atoms with Crippen molar-refractivity contribution in [3.05, 3.63) is 65.7 Å². The Morgan fingerprint density at radius 2 is 1.81 bits per heavy atom. The van der Waals surface area contributed by atoms with Crippen molar-refractivity contribution in [2.45, 2.75) is 42.4 Å². The summed E-state index contributed by atoms with van der Waals surface area (Å²) >= 11 is 1.74. The van der Waals surface area contributed by atoms with Gasteiger partial charge >= 0.3 is 0 Å². The van der Waals surface area contributed by atoms with Crippen LogP contribution < -0.4 is 10.1 Å². The summed E-state index contributed by atoms with van der Waals surface area (Å²) in [5.41, 5.74) is 4.67. The molecule has 0 saturated carbocycles. The molecule has 2 aliphatic rings. The van der Waals surface area contributed by atoms with Gasteiger partial charge < -0.3 is 10.1 Å².